The molecule has 1 saturated carbocycles. The summed E-state index contributed by atoms with van der Waals surface area (Å²) >= 11 is 3.04. The van der Waals surface area contributed by atoms with Crippen molar-refractivity contribution in [2.45, 2.75) is 31.1 Å². The maximum absolute atomic E-state index is 11.6. The lowest BCUT2D eigenvalue weighted by atomic mass is 9.79. The van der Waals surface area contributed by atoms with Gasteiger partial charge < -0.3 is 10.2 Å². The van der Waals surface area contributed by atoms with Gasteiger partial charge in [-0.1, -0.05) is 12.8 Å². The molecule has 0 radical (unpaired) electrons. The number of phenols is 1. The van der Waals surface area contributed by atoms with Crippen molar-refractivity contribution in [1.29, 1.82) is 0 Å². The second-order valence-electron chi connectivity index (χ2n) is 4.68. The Morgan fingerprint density at radius 2 is 1.95 bits per heavy atom. The average Bonchev–Trinajstić information content (AvgIpc) is 2.82. The number of carboxylic acid groups (broad SMARTS) is 1. The predicted molar refractivity (Wildman–Crippen MR) is 70.2 cm³/mol. The van der Waals surface area contributed by atoms with Crippen LogP contribution < -0.4 is 0 Å². The molecule has 1 aliphatic carbocycles. The fourth-order valence-electron chi connectivity index (χ4n) is 2.60. The number of hydrogen-bond acceptors (Lipinski definition) is 4. The fraction of sp³-hybridized carbons (Fsp3) is 0.417. The summed E-state index contributed by atoms with van der Waals surface area (Å²) in [5.41, 5.74) is -1.19. The summed E-state index contributed by atoms with van der Waals surface area (Å²) in [5, 5.41) is 30.0. The van der Waals surface area contributed by atoms with Crippen molar-refractivity contribution in [3.05, 3.63) is 32.3 Å². The van der Waals surface area contributed by atoms with Gasteiger partial charge in [0.25, 0.3) is 0 Å². The first-order valence-corrected chi connectivity index (χ1v) is 6.58. The number of rotatable bonds is 3. The molecule has 0 aromatic heterocycles. The van der Waals surface area contributed by atoms with Gasteiger partial charge in [-0.3, -0.25) is 14.9 Å². The van der Waals surface area contributed by atoms with Gasteiger partial charge in [-0.25, -0.2) is 0 Å². The van der Waals surface area contributed by atoms with Crippen molar-refractivity contribution < 1.29 is 19.9 Å². The quantitative estimate of drug-likeness (QED) is 0.655. The van der Waals surface area contributed by atoms with Crippen LogP contribution in [0.15, 0.2) is 16.6 Å². The van der Waals surface area contributed by atoms with E-state index in [4.69, 9.17) is 0 Å². The molecule has 102 valence electrons. The third-order valence-electron chi connectivity index (χ3n) is 3.66. The van der Waals surface area contributed by atoms with Gasteiger partial charge in [-0.2, -0.15) is 0 Å². The zero-order valence-corrected chi connectivity index (χ0v) is 11.5. The molecule has 0 atom stereocenters. The number of benzene rings is 1. The van der Waals surface area contributed by atoms with Crippen molar-refractivity contribution >= 4 is 27.6 Å². The molecular formula is C12H12BrNO5. The van der Waals surface area contributed by atoms with Gasteiger partial charge in [0.05, 0.1) is 14.8 Å². The molecule has 0 bridgehead atoms. The van der Waals surface area contributed by atoms with Crippen molar-refractivity contribution in [1.82, 2.24) is 0 Å². The van der Waals surface area contributed by atoms with Gasteiger partial charge in [0.1, 0.15) is 0 Å². The van der Waals surface area contributed by atoms with Crippen LogP contribution in [0.1, 0.15) is 31.2 Å². The minimum atomic E-state index is -1.08. The Balaban J connectivity index is 2.62. The summed E-state index contributed by atoms with van der Waals surface area (Å²) in [6.07, 6.45) is 2.46. The number of nitro benzene ring substituents is 1. The van der Waals surface area contributed by atoms with E-state index < -0.39 is 27.7 Å². The monoisotopic (exact) mass is 329 g/mol. The van der Waals surface area contributed by atoms with Crippen LogP contribution in [-0.4, -0.2) is 21.1 Å². The maximum atomic E-state index is 11.6. The highest BCUT2D eigenvalue weighted by Crippen LogP contribution is 2.45. The third-order valence-corrected chi connectivity index (χ3v) is 4.26. The summed E-state index contributed by atoms with van der Waals surface area (Å²) < 4.78 is 0.143. The number of nitrogens with zero attached hydrogens (tertiary/aromatic N) is 1. The van der Waals surface area contributed by atoms with E-state index in [2.05, 4.69) is 15.9 Å². The van der Waals surface area contributed by atoms with Crippen LogP contribution in [-0.2, 0) is 10.2 Å². The largest absolute Gasteiger partial charge is 0.501 e. The predicted octanol–water partition coefficient (Wildman–Crippen LogP) is 2.96. The van der Waals surface area contributed by atoms with E-state index in [0.717, 1.165) is 12.8 Å². The van der Waals surface area contributed by atoms with E-state index in [0.29, 0.717) is 18.4 Å². The highest BCUT2D eigenvalue weighted by atomic mass is 79.9. The molecule has 1 aromatic rings. The van der Waals surface area contributed by atoms with E-state index >= 15 is 0 Å². The standard InChI is InChI=1S/C12H12BrNO5/c13-8-5-7(6-9(10(8)15)14(18)19)12(11(16)17)3-1-2-4-12/h5-6,15H,1-4H2,(H,16,17). The molecular weight excluding hydrogens is 318 g/mol. The third kappa shape index (κ3) is 2.18. The van der Waals surface area contributed by atoms with Crippen LogP contribution in [0.25, 0.3) is 0 Å². The van der Waals surface area contributed by atoms with E-state index in [1.807, 2.05) is 0 Å². The van der Waals surface area contributed by atoms with Crippen molar-refractivity contribution in [3.63, 3.8) is 0 Å². The average molecular weight is 330 g/mol. The van der Waals surface area contributed by atoms with Crippen molar-refractivity contribution in [3.8, 4) is 5.75 Å². The highest BCUT2D eigenvalue weighted by molar-refractivity contribution is 9.10. The van der Waals surface area contributed by atoms with Gasteiger partial charge in [-0.05, 0) is 40.4 Å². The SMILES string of the molecule is O=C(O)C1(c2cc(Br)c(O)c([N+](=O)[O-])c2)CCCC1. The smallest absolute Gasteiger partial charge is 0.314 e. The van der Waals surface area contributed by atoms with Crippen LogP contribution in [0.2, 0.25) is 0 Å². The lowest BCUT2D eigenvalue weighted by molar-refractivity contribution is -0.386. The van der Waals surface area contributed by atoms with Crippen LogP contribution in [0.4, 0.5) is 5.69 Å². The Morgan fingerprint density at radius 3 is 2.42 bits per heavy atom. The van der Waals surface area contributed by atoms with Crippen LogP contribution in [0, 0.1) is 10.1 Å². The second-order valence-corrected chi connectivity index (χ2v) is 5.53. The summed E-state index contributed by atoms with van der Waals surface area (Å²) in [7, 11) is 0. The number of carboxylic acids is 1. The van der Waals surface area contributed by atoms with E-state index in [1.165, 1.54) is 12.1 Å². The van der Waals surface area contributed by atoms with E-state index in [1.54, 1.807) is 0 Å². The number of aromatic hydroxyl groups is 1. The zero-order chi connectivity index (χ0) is 14.2. The van der Waals surface area contributed by atoms with Crippen LogP contribution in [0.5, 0.6) is 5.75 Å². The number of hydrogen-bond donors (Lipinski definition) is 2. The molecule has 7 heteroatoms. The Hall–Kier alpha value is -1.63. The summed E-state index contributed by atoms with van der Waals surface area (Å²) in [6, 6.07) is 2.63. The summed E-state index contributed by atoms with van der Waals surface area (Å²) in [5.74, 6) is -1.45. The normalized spacial score (nSPS) is 17.3. The Bertz CT molecular complexity index is 551. The first-order valence-electron chi connectivity index (χ1n) is 5.79. The number of halogens is 1. The van der Waals surface area contributed by atoms with Crippen molar-refractivity contribution in [2.24, 2.45) is 0 Å². The number of carbonyl (C=O) groups is 1. The minimum absolute atomic E-state index is 0.143. The molecule has 6 nitrogen and oxygen atoms in total. The maximum Gasteiger partial charge on any atom is 0.314 e. The number of nitro groups is 1. The molecule has 0 heterocycles. The Kier molecular flexibility index (Phi) is 3.49. The molecule has 19 heavy (non-hydrogen) atoms. The number of phenolic OH excluding ortho intramolecular Hbond substituents is 1. The molecule has 1 fully saturated rings. The minimum Gasteiger partial charge on any atom is -0.501 e. The second kappa shape index (κ2) is 4.80. The van der Waals surface area contributed by atoms with Crippen LogP contribution in [0.3, 0.4) is 0 Å². The van der Waals surface area contributed by atoms with Gasteiger partial charge in [-0.15, -0.1) is 0 Å². The van der Waals surface area contributed by atoms with Crippen molar-refractivity contribution in [2.75, 3.05) is 0 Å². The molecule has 0 unspecified atom stereocenters. The number of aliphatic carboxylic acids is 1. The van der Waals surface area contributed by atoms with Gasteiger partial charge >= 0.3 is 11.7 Å². The van der Waals surface area contributed by atoms with Crippen LogP contribution >= 0.6 is 15.9 Å². The first kappa shape index (κ1) is 13.8. The molecule has 0 aliphatic heterocycles. The summed E-state index contributed by atoms with van der Waals surface area (Å²) in [4.78, 5) is 21.7. The highest BCUT2D eigenvalue weighted by Gasteiger charge is 2.44. The molecule has 0 saturated heterocycles. The summed E-state index contributed by atoms with van der Waals surface area (Å²) in [6.45, 7) is 0. The molecule has 1 aromatic carbocycles. The van der Waals surface area contributed by atoms with Gasteiger partial charge in [0.2, 0.25) is 5.75 Å². The first-order chi connectivity index (χ1) is 8.88. The van der Waals surface area contributed by atoms with Gasteiger partial charge in [0, 0.05) is 6.07 Å². The topological polar surface area (TPSA) is 101 Å². The van der Waals surface area contributed by atoms with Gasteiger partial charge in [0.15, 0.2) is 0 Å². The molecule has 0 spiro atoms. The Labute approximate surface area is 117 Å². The lowest BCUT2D eigenvalue weighted by Crippen LogP contribution is -2.32. The Morgan fingerprint density at radius 1 is 1.37 bits per heavy atom. The fourth-order valence-corrected chi connectivity index (χ4v) is 3.05. The molecule has 1 aliphatic rings. The molecule has 2 N–H and O–H groups in total. The van der Waals surface area contributed by atoms with E-state index in [-0.39, 0.29) is 4.47 Å². The molecule has 0 amide bonds. The zero-order valence-electron chi connectivity index (χ0n) is 9.93. The lowest BCUT2D eigenvalue weighted by Gasteiger charge is -2.24. The molecule has 2 rings (SSSR count). The van der Waals surface area contributed by atoms with E-state index in [9.17, 15) is 25.1 Å².